The lowest BCUT2D eigenvalue weighted by atomic mass is 10.1. The highest BCUT2D eigenvalue weighted by molar-refractivity contribution is 5.81. The van der Waals surface area contributed by atoms with Crippen LogP contribution >= 0.6 is 0 Å². The van der Waals surface area contributed by atoms with E-state index in [1.54, 1.807) is 19.2 Å². The Morgan fingerprint density at radius 1 is 1.14 bits per heavy atom. The number of carbonyl (C=O) groups is 1. The van der Waals surface area contributed by atoms with Crippen LogP contribution in [0.2, 0.25) is 0 Å². The molecule has 22 heavy (non-hydrogen) atoms. The predicted molar refractivity (Wildman–Crippen MR) is 83.4 cm³/mol. The van der Waals surface area contributed by atoms with Crippen LogP contribution in [-0.2, 0) is 24.8 Å². The number of amides is 1. The van der Waals surface area contributed by atoms with Crippen molar-refractivity contribution < 1.29 is 9.21 Å². The van der Waals surface area contributed by atoms with Gasteiger partial charge in [-0.1, -0.05) is 36.4 Å². The highest BCUT2D eigenvalue weighted by Gasteiger charge is 2.09. The molecule has 0 atom stereocenters. The summed E-state index contributed by atoms with van der Waals surface area (Å²) in [5, 5.41) is 2.88. The van der Waals surface area contributed by atoms with E-state index in [0.717, 1.165) is 11.1 Å². The van der Waals surface area contributed by atoms with Gasteiger partial charge in [0, 0.05) is 13.6 Å². The van der Waals surface area contributed by atoms with E-state index in [-0.39, 0.29) is 12.3 Å². The summed E-state index contributed by atoms with van der Waals surface area (Å²) in [6.07, 6.45) is 0.266. The summed E-state index contributed by atoms with van der Waals surface area (Å²) in [6.45, 7) is 0.506. The molecular weight excluding hydrogens is 280 g/mol. The number of nitrogens with zero attached hydrogens (tertiary/aromatic N) is 1. The van der Waals surface area contributed by atoms with Crippen LogP contribution in [-0.4, -0.2) is 10.5 Å². The van der Waals surface area contributed by atoms with Gasteiger partial charge in [-0.15, -0.1) is 0 Å². The monoisotopic (exact) mass is 296 g/mol. The van der Waals surface area contributed by atoms with Gasteiger partial charge in [-0.3, -0.25) is 9.36 Å². The van der Waals surface area contributed by atoms with Gasteiger partial charge in [0.05, 0.1) is 11.9 Å². The fourth-order valence-electron chi connectivity index (χ4n) is 2.33. The molecule has 1 heterocycles. The van der Waals surface area contributed by atoms with Crippen molar-refractivity contribution in [2.75, 3.05) is 0 Å². The number of carbonyl (C=O) groups excluding carboxylic acids is 1. The van der Waals surface area contributed by atoms with Crippen molar-refractivity contribution in [1.29, 1.82) is 0 Å². The Hall–Kier alpha value is -2.82. The first-order chi connectivity index (χ1) is 10.6. The quantitative estimate of drug-likeness (QED) is 0.801. The molecular formula is C17H16N2O3. The molecule has 1 N–H and O–H groups in total. The lowest BCUT2D eigenvalue weighted by molar-refractivity contribution is -0.120. The molecule has 5 nitrogen and oxygen atoms in total. The summed E-state index contributed by atoms with van der Waals surface area (Å²) in [6, 6.07) is 15.1. The lowest BCUT2D eigenvalue weighted by Crippen LogP contribution is -2.24. The van der Waals surface area contributed by atoms with Gasteiger partial charge in [0.25, 0.3) is 0 Å². The minimum Gasteiger partial charge on any atom is -0.408 e. The normalized spacial score (nSPS) is 10.8. The van der Waals surface area contributed by atoms with Crippen molar-refractivity contribution in [2.24, 2.45) is 7.05 Å². The molecule has 1 aromatic heterocycles. The maximum atomic E-state index is 12.0. The third-order valence-corrected chi connectivity index (χ3v) is 3.55. The first kappa shape index (κ1) is 14.1. The number of hydrogen-bond acceptors (Lipinski definition) is 3. The van der Waals surface area contributed by atoms with E-state index >= 15 is 0 Å². The number of oxazole rings is 1. The Morgan fingerprint density at radius 3 is 2.68 bits per heavy atom. The molecule has 0 unspecified atom stereocenters. The maximum Gasteiger partial charge on any atom is 0.419 e. The van der Waals surface area contributed by atoms with Crippen LogP contribution in [0.15, 0.2) is 57.7 Å². The fourth-order valence-corrected chi connectivity index (χ4v) is 2.33. The minimum atomic E-state index is -0.402. The second kappa shape index (κ2) is 5.89. The minimum absolute atomic E-state index is 0.0586. The van der Waals surface area contributed by atoms with Crippen LogP contribution in [0.4, 0.5) is 0 Å². The number of fused-ring (bicyclic) bond motifs is 1. The van der Waals surface area contributed by atoms with Crippen LogP contribution in [0.3, 0.4) is 0 Å². The first-order valence-corrected chi connectivity index (χ1v) is 7.02. The highest BCUT2D eigenvalue weighted by Crippen LogP contribution is 2.14. The summed E-state index contributed by atoms with van der Waals surface area (Å²) in [5.41, 5.74) is 3.12. The highest BCUT2D eigenvalue weighted by atomic mass is 16.4. The van der Waals surface area contributed by atoms with Crippen LogP contribution in [0.1, 0.15) is 11.1 Å². The average molecular weight is 296 g/mol. The molecule has 5 heteroatoms. The van der Waals surface area contributed by atoms with Crippen LogP contribution < -0.4 is 11.1 Å². The van der Waals surface area contributed by atoms with E-state index in [9.17, 15) is 9.59 Å². The standard InChI is InChI=1S/C17H16N2O3/c1-19-14-9-13(7-8-15(14)22-17(19)21)10-16(20)18-11-12-5-3-2-4-6-12/h2-9H,10-11H2,1H3,(H,18,20). The molecule has 0 saturated heterocycles. The van der Waals surface area contributed by atoms with Crippen molar-refractivity contribution in [3.63, 3.8) is 0 Å². The number of benzene rings is 2. The molecule has 0 aliphatic heterocycles. The largest absolute Gasteiger partial charge is 0.419 e. The lowest BCUT2D eigenvalue weighted by Gasteiger charge is -2.05. The molecule has 0 bridgehead atoms. The van der Waals surface area contributed by atoms with E-state index in [0.29, 0.717) is 17.6 Å². The molecule has 0 aliphatic carbocycles. The first-order valence-electron chi connectivity index (χ1n) is 7.02. The van der Waals surface area contributed by atoms with E-state index in [1.807, 2.05) is 36.4 Å². The molecule has 1 amide bonds. The molecule has 112 valence electrons. The van der Waals surface area contributed by atoms with E-state index < -0.39 is 5.76 Å². The topological polar surface area (TPSA) is 64.2 Å². The molecule has 0 saturated carbocycles. The zero-order valence-electron chi connectivity index (χ0n) is 12.2. The third kappa shape index (κ3) is 2.93. The Balaban J connectivity index is 1.68. The number of nitrogens with one attached hydrogen (secondary N) is 1. The second-order valence-electron chi connectivity index (χ2n) is 5.17. The van der Waals surface area contributed by atoms with Gasteiger partial charge < -0.3 is 9.73 Å². The van der Waals surface area contributed by atoms with Gasteiger partial charge in [-0.2, -0.15) is 0 Å². The van der Waals surface area contributed by atoms with E-state index in [2.05, 4.69) is 5.32 Å². The summed E-state index contributed by atoms with van der Waals surface area (Å²) < 4.78 is 6.50. The molecule has 0 spiro atoms. The third-order valence-electron chi connectivity index (χ3n) is 3.55. The van der Waals surface area contributed by atoms with E-state index in [4.69, 9.17) is 4.42 Å². The molecule has 2 aromatic carbocycles. The summed E-state index contributed by atoms with van der Waals surface area (Å²) >= 11 is 0. The van der Waals surface area contributed by atoms with Gasteiger partial charge in [0.1, 0.15) is 0 Å². The van der Waals surface area contributed by atoms with Crippen molar-refractivity contribution in [3.05, 3.63) is 70.2 Å². The predicted octanol–water partition coefficient (Wildman–Crippen LogP) is 1.99. The molecule has 0 aliphatic rings. The molecule has 3 aromatic rings. The molecule has 0 radical (unpaired) electrons. The van der Waals surface area contributed by atoms with Crippen molar-refractivity contribution in [2.45, 2.75) is 13.0 Å². The summed E-state index contributed by atoms with van der Waals surface area (Å²) in [4.78, 5) is 23.5. The van der Waals surface area contributed by atoms with Crippen molar-refractivity contribution in [1.82, 2.24) is 9.88 Å². The van der Waals surface area contributed by atoms with Crippen LogP contribution in [0, 0.1) is 0 Å². The zero-order chi connectivity index (χ0) is 15.5. The zero-order valence-corrected chi connectivity index (χ0v) is 12.2. The van der Waals surface area contributed by atoms with Crippen molar-refractivity contribution >= 4 is 17.0 Å². The van der Waals surface area contributed by atoms with Gasteiger partial charge in [-0.25, -0.2) is 4.79 Å². The van der Waals surface area contributed by atoms with Crippen molar-refractivity contribution in [3.8, 4) is 0 Å². The number of aryl methyl sites for hydroxylation is 1. The summed E-state index contributed by atoms with van der Waals surface area (Å²) in [7, 11) is 1.65. The van der Waals surface area contributed by atoms with Crippen LogP contribution in [0.25, 0.3) is 11.1 Å². The number of aromatic nitrogens is 1. The van der Waals surface area contributed by atoms with Crippen LogP contribution in [0.5, 0.6) is 0 Å². The Morgan fingerprint density at radius 2 is 1.91 bits per heavy atom. The Labute approximate surface area is 127 Å². The number of rotatable bonds is 4. The average Bonchev–Trinajstić information content (AvgIpc) is 2.81. The SMILES string of the molecule is Cn1c(=O)oc2ccc(CC(=O)NCc3ccccc3)cc21. The van der Waals surface area contributed by atoms with Gasteiger partial charge >= 0.3 is 5.76 Å². The fraction of sp³-hybridized carbons (Fsp3) is 0.176. The smallest absolute Gasteiger partial charge is 0.408 e. The maximum absolute atomic E-state index is 12.0. The Bertz CT molecular complexity index is 862. The van der Waals surface area contributed by atoms with E-state index in [1.165, 1.54) is 4.57 Å². The summed E-state index contributed by atoms with van der Waals surface area (Å²) in [5.74, 6) is -0.461. The number of hydrogen-bond donors (Lipinski definition) is 1. The van der Waals surface area contributed by atoms with Gasteiger partial charge in [-0.05, 0) is 23.3 Å². The second-order valence-corrected chi connectivity index (χ2v) is 5.17. The Kier molecular flexibility index (Phi) is 3.78. The molecule has 3 rings (SSSR count). The van der Waals surface area contributed by atoms with Gasteiger partial charge in [0.15, 0.2) is 5.58 Å². The molecule has 0 fully saturated rings. The van der Waals surface area contributed by atoms with Gasteiger partial charge in [0.2, 0.25) is 5.91 Å².